The first-order valence-electron chi connectivity index (χ1n) is 4.73. The van der Waals surface area contributed by atoms with Gasteiger partial charge in [-0.15, -0.1) is 0 Å². The zero-order valence-corrected chi connectivity index (χ0v) is 7.09. The lowest BCUT2D eigenvalue weighted by molar-refractivity contribution is -0.143. The molecular formula is C9H12O4. The average molecular weight is 184 g/mol. The normalized spacial score (nSPS) is 58.2. The highest BCUT2D eigenvalue weighted by molar-refractivity contribution is 5.76. The first kappa shape index (κ1) is 7.76. The van der Waals surface area contributed by atoms with Crippen LogP contribution in [0.2, 0.25) is 0 Å². The van der Waals surface area contributed by atoms with Crippen LogP contribution in [0.15, 0.2) is 0 Å². The number of fused-ring (bicyclic) bond motifs is 5. The van der Waals surface area contributed by atoms with Gasteiger partial charge in [-0.25, -0.2) is 0 Å². The van der Waals surface area contributed by atoms with Crippen LogP contribution in [-0.2, 0) is 9.53 Å². The number of aliphatic hydroxyl groups is 2. The van der Waals surface area contributed by atoms with E-state index in [0.717, 1.165) is 0 Å². The highest BCUT2D eigenvalue weighted by Crippen LogP contribution is 2.55. The van der Waals surface area contributed by atoms with Crippen LogP contribution in [0.5, 0.6) is 0 Å². The minimum Gasteiger partial charge on any atom is -0.465 e. The molecule has 0 amide bonds. The van der Waals surface area contributed by atoms with Crippen LogP contribution >= 0.6 is 0 Å². The molecule has 1 heterocycles. The number of hydrogen-bond donors (Lipinski definition) is 2. The van der Waals surface area contributed by atoms with Crippen LogP contribution in [0.25, 0.3) is 0 Å². The monoisotopic (exact) mass is 184 g/mol. The second-order valence-electron chi connectivity index (χ2n) is 4.35. The highest BCUT2D eigenvalue weighted by Gasteiger charge is 2.63. The summed E-state index contributed by atoms with van der Waals surface area (Å²) in [5.41, 5.74) is 0. The van der Waals surface area contributed by atoms with Crippen molar-refractivity contribution in [3.05, 3.63) is 0 Å². The Bertz CT molecular complexity index is 262. The van der Waals surface area contributed by atoms with Crippen LogP contribution in [-0.4, -0.2) is 35.0 Å². The van der Waals surface area contributed by atoms with E-state index >= 15 is 0 Å². The van der Waals surface area contributed by atoms with Gasteiger partial charge in [-0.05, 0) is 6.42 Å². The van der Waals surface area contributed by atoms with Gasteiger partial charge in [0.25, 0.3) is 0 Å². The van der Waals surface area contributed by atoms with Crippen LogP contribution < -0.4 is 0 Å². The van der Waals surface area contributed by atoms with Gasteiger partial charge in [-0.3, -0.25) is 4.79 Å². The third kappa shape index (κ3) is 0.758. The summed E-state index contributed by atoms with van der Waals surface area (Å²) in [4.78, 5) is 11.3. The van der Waals surface area contributed by atoms with Crippen LogP contribution in [0.4, 0.5) is 0 Å². The Hall–Kier alpha value is -0.610. The summed E-state index contributed by atoms with van der Waals surface area (Å²) in [6.45, 7) is 0.388. The number of rotatable bonds is 0. The molecule has 0 unspecified atom stereocenters. The lowest BCUT2D eigenvalue weighted by Gasteiger charge is -2.23. The van der Waals surface area contributed by atoms with Crippen LogP contribution in [0, 0.1) is 23.7 Å². The van der Waals surface area contributed by atoms with Crippen molar-refractivity contribution in [3.63, 3.8) is 0 Å². The van der Waals surface area contributed by atoms with E-state index < -0.39 is 12.2 Å². The van der Waals surface area contributed by atoms with Gasteiger partial charge in [0.1, 0.15) is 0 Å². The molecular weight excluding hydrogens is 172 g/mol. The molecule has 2 saturated carbocycles. The van der Waals surface area contributed by atoms with Gasteiger partial charge < -0.3 is 14.9 Å². The Morgan fingerprint density at radius 1 is 1.31 bits per heavy atom. The van der Waals surface area contributed by atoms with E-state index in [-0.39, 0.29) is 29.6 Å². The molecule has 0 spiro atoms. The van der Waals surface area contributed by atoms with Gasteiger partial charge in [-0.1, -0.05) is 0 Å². The smallest absolute Gasteiger partial charge is 0.309 e. The second kappa shape index (κ2) is 2.25. The molecule has 2 bridgehead atoms. The first-order chi connectivity index (χ1) is 6.20. The Morgan fingerprint density at radius 2 is 2.08 bits per heavy atom. The molecule has 0 aromatic rings. The summed E-state index contributed by atoms with van der Waals surface area (Å²) < 4.78 is 4.94. The first-order valence-corrected chi connectivity index (χ1v) is 4.73. The molecule has 2 aliphatic carbocycles. The molecule has 0 aromatic carbocycles. The molecule has 4 heteroatoms. The zero-order valence-electron chi connectivity index (χ0n) is 7.09. The molecule has 4 nitrogen and oxygen atoms in total. The SMILES string of the molecule is O=C1OC[C@H]2[C@@H]1[C@H]1C[C@@H](O)[C@H]2[C@H]1O. The maximum atomic E-state index is 11.3. The fourth-order valence-electron chi connectivity index (χ4n) is 3.38. The molecule has 0 radical (unpaired) electrons. The van der Waals surface area contributed by atoms with Crippen molar-refractivity contribution < 1.29 is 19.7 Å². The molecule has 6 atom stereocenters. The van der Waals surface area contributed by atoms with Crippen molar-refractivity contribution in [2.75, 3.05) is 6.61 Å². The maximum Gasteiger partial charge on any atom is 0.309 e. The zero-order chi connectivity index (χ0) is 9.16. The molecule has 3 fully saturated rings. The van der Waals surface area contributed by atoms with Gasteiger partial charge in [0, 0.05) is 17.8 Å². The summed E-state index contributed by atoms with van der Waals surface area (Å²) in [6, 6.07) is 0. The molecule has 13 heavy (non-hydrogen) atoms. The van der Waals surface area contributed by atoms with Crippen molar-refractivity contribution in [2.45, 2.75) is 18.6 Å². The number of hydrogen-bond acceptors (Lipinski definition) is 4. The molecule has 72 valence electrons. The Balaban J connectivity index is 1.98. The summed E-state index contributed by atoms with van der Waals surface area (Å²) in [5.74, 6) is -0.426. The predicted octanol–water partition coefficient (Wildman–Crippen LogP) is -0.853. The third-order valence-corrected chi connectivity index (χ3v) is 3.90. The third-order valence-electron chi connectivity index (χ3n) is 3.90. The second-order valence-corrected chi connectivity index (χ2v) is 4.35. The number of carbonyl (C=O) groups is 1. The summed E-state index contributed by atoms with van der Waals surface area (Å²) >= 11 is 0. The molecule has 3 rings (SSSR count). The van der Waals surface area contributed by atoms with Crippen molar-refractivity contribution in [1.82, 2.24) is 0 Å². The quantitative estimate of drug-likeness (QED) is 0.481. The van der Waals surface area contributed by atoms with Gasteiger partial charge >= 0.3 is 5.97 Å². The largest absolute Gasteiger partial charge is 0.465 e. The summed E-state index contributed by atoms with van der Waals surface area (Å²) in [7, 11) is 0. The lowest BCUT2D eigenvalue weighted by Crippen LogP contribution is -2.31. The Morgan fingerprint density at radius 3 is 2.85 bits per heavy atom. The fourth-order valence-corrected chi connectivity index (χ4v) is 3.38. The molecule has 2 N–H and O–H groups in total. The number of ether oxygens (including phenoxy) is 1. The lowest BCUT2D eigenvalue weighted by atomic mass is 9.80. The van der Waals surface area contributed by atoms with Gasteiger partial charge in [0.2, 0.25) is 0 Å². The molecule has 1 saturated heterocycles. The van der Waals surface area contributed by atoms with Crippen LogP contribution in [0.3, 0.4) is 0 Å². The molecule has 1 aliphatic heterocycles. The van der Waals surface area contributed by atoms with Gasteiger partial charge in [-0.2, -0.15) is 0 Å². The van der Waals surface area contributed by atoms with E-state index in [2.05, 4.69) is 0 Å². The summed E-state index contributed by atoms with van der Waals surface area (Å²) in [5, 5.41) is 19.4. The van der Waals surface area contributed by atoms with Crippen molar-refractivity contribution in [2.24, 2.45) is 23.7 Å². The average Bonchev–Trinajstić information content (AvgIpc) is 2.64. The fraction of sp³-hybridized carbons (Fsp3) is 0.889. The Labute approximate surface area is 75.5 Å². The van der Waals surface area contributed by atoms with Crippen molar-refractivity contribution >= 4 is 5.97 Å². The minimum atomic E-state index is -0.488. The Kier molecular flexibility index (Phi) is 1.34. The highest BCUT2D eigenvalue weighted by atomic mass is 16.5. The van der Waals surface area contributed by atoms with Crippen molar-refractivity contribution in [3.8, 4) is 0 Å². The standard InChI is InChI=1S/C9H12O4/c10-5-1-3-6-4(2-13-9(6)12)7(5)8(3)11/h3-8,10-11H,1-2H2/t3-,4+,5-,6+,7+,8+/m1/s1. The number of carbonyl (C=O) groups excluding carboxylic acids is 1. The van der Waals surface area contributed by atoms with E-state index in [1.54, 1.807) is 0 Å². The van der Waals surface area contributed by atoms with E-state index in [9.17, 15) is 15.0 Å². The van der Waals surface area contributed by atoms with Gasteiger partial charge in [0.05, 0.1) is 24.7 Å². The number of cyclic esters (lactones) is 1. The van der Waals surface area contributed by atoms with Crippen molar-refractivity contribution in [1.29, 1.82) is 0 Å². The van der Waals surface area contributed by atoms with Crippen LogP contribution in [0.1, 0.15) is 6.42 Å². The topological polar surface area (TPSA) is 66.8 Å². The molecule has 3 aliphatic rings. The maximum absolute atomic E-state index is 11.3. The minimum absolute atomic E-state index is 0.0556. The molecule has 0 aromatic heterocycles. The van der Waals surface area contributed by atoms with Gasteiger partial charge in [0.15, 0.2) is 0 Å². The number of esters is 1. The predicted molar refractivity (Wildman–Crippen MR) is 41.5 cm³/mol. The van der Waals surface area contributed by atoms with E-state index in [0.29, 0.717) is 13.0 Å². The van der Waals surface area contributed by atoms with E-state index in [1.807, 2.05) is 0 Å². The van der Waals surface area contributed by atoms with E-state index in [4.69, 9.17) is 4.74 Å². The van der Waals surface area contributed by atoms with E-state index in [1.165, 1.54) is 0 Å². The summed E-state index contributed by atoms with van der Waals surface area (Å²) in [6.07, 6.45) is -0.365. The number of aliphatic hydroxyl groups excluding tert-OH is 2.